The lowest BCUT2D eigenvalue weighted by Crippen LogP contribution is -1.89. The zero-order valence-electron chi connectivity index (χ0n) is 2.63. The number of nitrogens with zero attached hydrogens (tertiary/aromatic N) is 2. The third-order valence-electron chi connectivity index (χ3n) is 0.372. The highest BCUT2D eigenvalue weighted by molar-refractivity contribution is 5.70. The van der Waals surface area contributed by atoms with Crippen molar-refractivity contribution < 1.29 is 0 Å². The summed E-state index contributed by atoms with van der Waals surface area (Å²) in [6.07, 6.45) is 5.06. The first-order valence-corrected chi connectivity index (χ1v) is 1.38. The predicted molar refractivity (Wildman–Crippen MR) is 19.5 cm³/mol. The minimum Gasteiger partial charge on any atom is 0.0370 e. The zero-order chi connectivity index (χ0) is 3.54. The second-order valence-electron chi connectivity index (χ2n) is 0.722. The molecule has 2 nitrogen and oxygen atoms in total. The molecule has 1 rings (SSSR count). The van der Waals surface area contributed by atoms with Crippen molar-refractivity contribution in [2.75, 3.05) is 0 Å². The maximum atomic E-state index is 3.47. The highest BCUT2D eigenvalue weighted by atomic mass is 15.3. The van der Waals surface area contributed by atoms with Gasteiger partial charge in [-0.25, -0.2) is 0 Å². The Balaban J connectivity index is 2.61. The van der Waals surface area contributed by atoms with E-state index in [0.717, 1.165) is 0 Å². The van der Waals surface area contributed by atoms with Gasteiger partial charge in [-0.15, -0.1) is 0 Å². The third kappa shape index (κ3) is 0.265. The molecule has 0 amide bonds. The van der Waals surface area contributed by atoms with Gasteiger partial charge in [0.25, 0.3) is 6.21 Å². The molecular formula is C3H3N2+. The molecule has 0 unspecified atom stereocenters. The fraction of sp³-hybridized carbons (Fsp3) is 0. The Labute approximate surface area is 30.2 Å². The van der Waals surface area contributed by atoms with Gasteiger partial charge in [0.15, 0.2) is 5.10 Å². The molecule has 0 saturated carbocycles. The lowest BCUT2D eigenvalue weighted by molar-refractivity contribution is 0.873. The van der Waals surface area contributed by atoms with Gasteiger partial charge in [0.05, 0.1) is 5.43 Å². The summed E-state index contributed by atoms with van der Waals surface area (Å²) >= 11 is 0. The van der Waals surface area contributed by atoms with Crippen molar-refractivity contribution in [1.82, 2.24) is 10.5 Å². The summed E-state index contributed by atoms with van der Waals surface area (Å²) in [5.74, 6) is 0. The summed E-state index contributed by atoms with van der Waals surface area (Å²) in [6, 6.07) is 0. The maximum Gasteiger partial charge on any atom is 0.279 e. The molecular weight excluding hydrogens is 64.0 g/mol. The zero-order valence-corrected chi connectivity index (χ0v) is 2.63. The van der Waals surface area contributed by atoms with Crippen molar-refractivity contribution in [3.05, 3.63) is 12.3 Å². The maximum absolute atomic E-state index is 3.47. The van der Waals surface area contributed by atoms with Gasteiger partial charge in [0, 0.05) is 6.08 Å². The highest BCUT2D eigenvalue weighted by Crippen LogP contribution is 1.63. The monoisotopic (exact) mass is 67.0 g/mol. The average molecular weight is 67.1 g/mol. The normalized spacial score (nSPS) is 16.0. The molecule has 0 atom stereocenters. The van der Waals surface area contributed by atoms with E-state index in [1.807, 2.05) is 0 Å². The Kier molecular flexibility index (Phi) is 0.433. The fourth-order valence-corrected chi connectivity index (χ4v) is 0.192. The van der Waals surface area contributed by atoms with Crippen LogP contribution in [0.2, 0.25) is 0 Å². The second-order valence-corrected chi connectivity index (χ2v) is 0.722. The highest BCUT2D eigenvalue weighted by Gasteiger charge is 1.91. The Morgan fingerprint density at radius 2 is 2.60 bits per heavy atom. The van der Waals surface area contributed by atoms with Crippen LogP contribution in [-0.2, 0) is 0 Å². The second kappa shape index (κ2) is 0.885. The van der Waals surface area contributed by atoms with Crippen molar-refractivity contribution in [3.8, 4) is 0 Å². The Morgan fingerprint density at radius 3 is 2.80 bits per heavy atom. The number of hydrogen-bond donors (Lipinski definition) is 0. The molecule has 0 saturated heterocycles. The summed E-state index contributed by atoms with van der Waals surface area (Å²) < 4.78 is 0. The quantitative estimate of drug-likeness (QED) is 0.363. The van der Waals surface area contributed by atoms with E-state index in [0.29, 0.717) is 0 Å². The third-order valence-corrected chi connectivity index (χ3v) is 0.372. The summed E-state index contributed by atoms with van der Waals surface area (Å²) in [6.45, 7) is 0. The largest absolute Gasteiger partial charge is 0.279 e. The number of allylic oxidation sites excluding steroid dienone is 1. The molecule has 0 aromatic carbocycles. The Bertz CT molecular complexity index is 63.0. The van der Waals surface area contributed by atoms with E-state index < -0.39 is 0 Å². The molecule has 2 radical (unpaired) electrons. The van der Waals surface area contributed by atoms with E-state index in [9.17, 15) is 0 Å². The van der Waals surface area contributed by atoms with Crippen LogP contribution in [-0.4, -0.2) is 6.21 Å². The predicted octanol–water partition coefficient (Wildman–Crippen LogP) is -0.560. The van der Waals surface area contributed by atoms with E-state index in [2.05, 4.69) is 10.5 Å². The molecule has 1 aliphatic rings. The molecule has 2 heteroatoms. The van der Waals surface area contributed by atoms with E-state index in [1.54, 1.807) is 18.5 Å². The van der Waals surface area contributed by atoms with Gasteiger partial charge in [-0.05, 0) is 0 Å². The first kappa shape index (κ1) is 2.45. The van der Waals surface area contributed by atoms with Gasteiger partial charge in [0.2, 0.25) is 0 Å². The van der Waals surface area contributed by atoms with E-state index in [-0.39, 0.29) is 0 Å². The SMILES string of the molecule is C1=C[N][N+]=C1. The van der Waals surface area contributed by atoms with Gasteiger partial charge in [-0.2, -0.15) is 0 Å². The average Bonchev–Trinajstić information content (AvgIpc) is 1.76. The molecule has 0 spiro atoms. The molecule has 0 fully saturated rings. The van der Waals surface area contributed by atoms with Crippen LogP contribution in [0.15, 0.2) is 12.3 Å². The number of hydrogen-bond acceptors (Lipinski definition) is 1. The van der Waals surface area contributed by atoms with Gasteiger partial charge < -0.3 is 0 Å². The van der Waals surface area contributed by atoms with Crippen LogP contribution in [0.3, 0.4) is 0 Å². The molecule has 0 aromatic rings. The van der Waals surface area contributed by atoms with Crippen molar-refractivity contribution in [2.45, 2.75) is 0 Å². The van der Waals surface area contributed by atoms with E-state index in [1.165, 1.54) is 0 Å². The van der Waals surface area contributed by atoms with Crippen LogP contribution in [0.25, 0.3) is 0 Å². The van der Waals surface area contributed by atoms with Crippen LogP contribution in [0, 0.1) is 0 Å². The van der Waals surface area contributed by atoms with E-state index >= 15 is 0 Å². The lowest BCUT2D eigenvalue weighted by atomic mass is 10.7. The standard InChI is InChI=1S/C3H3N2/c1-2-4-5-3-1/h1-3H/q+1. The summed E-state index contributed by atoms with van der Waals surface area (Å²) in [4.78, 5) is 0. The van der Waals surface area contributed by atoms with Gasteiger partial charge in [-0.1, -0.05) is 0 Å². The van der Waals surface area contributed by atoms with Crippen molar-refractivity contribution in [2.24, 2.45) is 0 Å². The summed E-state index contributed by atoms with van der Waals surface area (Å²) in [5.41, 5.74) is 3.47. The van der Waals surface area contributed by atoms with Gasteiger partial charge in [-0.3, -0.25) is 0 Å². The minimum absolute atomic E-state index is 1.64. The van der Waals surface area contributed by atoms with Crippen LogP contribution in [0.1, 0.15) is 0 Å². The first-order valence-electron chi connectivity index (χ1n) is 1.38. The molecule has 1 heterocycles. The molecule has 0 N–H and O–H groups in total. The fourth-order valence-electron chi connectivity index (χ4n) is 0.192. The smallest absolute Gasteiger partial charge is 0.0370 e. The molecule has 5 heavy (non-hydrogen) atoms. The topological polar surface area (TPSA) is 28.2 Å². The Hall–Kier alpha value is -0.790. The molecule has 0 aliphatic carbocycles. The lowest BCUT2D eigenvalue weighted by Gasteiger charge is -1.41. The van der Waals surface area contributed by atoms with Gasteiger partial charge in [0.1, 0.15) is 6.20 Å². The molecule has 1 aliphatic heterocycles. The summed E-state index contributed by atoms with van der Waals surface area (Å²) in [5, 5.41) is 3.47. The molecule has 24 valence electrons. The minimum atomic E-state index is 1.64. The Morgan fingerprint density at radius 1 is 1.60 bits per heavy atom. The van der Waals surface area contributed by atoms with E-state index in [4.69, 9.17) is 0 Å². The van der Waals surface area contributed by atoms with Gasteiger partial charge >= 0.3 is 0 Å². The van der Waals surface area contributed by atoms with Crippen LogP contribution < -0.4 is 10.5 Å². The first-order chi connectivity index (χ1) is 2.50. The van der Waals surface area contributed by atoms with Crippen molar-refractivity contribution >= 4 is 6.21 Å². The molecule has 0 bridgehead atoms. The molecule has 0 aromatic heterocycles. The summed E-state index contributed by atoms with van der Waals surface area (Å²) in [7, 11) is 0. The van der Waals surface area contributed by atoms with Crippen LogP contribution in [0.5, 0.6) is 0 Å². The van der Waals surface area contributed by atoms with Crippen molar-refractivity contribution in [1.29, 1.82) is 0 Å². The van der Waals surface area contributed by atoms with Crippen LogP contribution in [0.4, 0.5) is 0 Å². The van der Waals surface area contributed by atoms with Crippen molar-refractivity contribution in [3.63, 3.8) is 0 Å². The van der Waals surface area contributed by atoms with Crippen LogP contribution >= 0.6 is 0 Å². The number of rotatable bonds is 0.